The highest BCUT2D eigenvalue weighted by Crippen LogP contribution is 2.33. The maximum Gasteiger partial charge on any atom is 0.416 e. The molecular weight excluding hydrogens is 405 g/mol. The van der Waals surface area contributed by atoms with Crippen molar-refractivity contribution in [2.45, 2.75) is 69.9 Å². The topological polar surface area (TPSA) is 52.6 Å². The first-order valence-electron chi connectivity index (χ1n) is 9.95. The molecule has 0 aliphatic heterocycles. The Balaban J connectivity index is 2.49. The molecule has 1 aromatic carbocycles. The van der Waals surface area contributed by atoms with Crippen LogP contribution in [0.3, 0.4) is 0 Å². The van der Waals surface area contributed by atoms with Crippen molar-refractivity contribution in [1.82, 2.24) is 0 Å². The Morgan fingerprint density at radius 1 is 0.966 bits per heavy atom. The van der Waals surface area contributed by atoms with Crippen LogP contribution >= 0.6 is 11.8 Å². The molecule has 0 bridgehead atoms. The molecule has 1 rings (SSSR count). The van der Waals surface area contributed by atoms with Crippen LogP contribution in [-0.4, -0.2) is 30.9 Å². The molecule has 0 aliphatic rings. The Bertz CT molecular complexity index is 647. The summed E-state index contributed by atoms with van der Waals surface area (Å²) in [6.07, 6.45) is 2.05. The fraction of sp³-hybridized carbons (Fsp3) is 0.619. The Morgan fingerprint density at radius 2 is 1.66 bits per heavy atom. The predicted molar refractivity (Wildman–Crippen MR) is 107 cm³/mol. The van der Waals surface area contributed by atoms with Gasteiger partial charge < -0.3 is 9.47 Å². The lowest BCUT2D eigenvalue weighted by Crippen LogP contribution is -2.10. The van der Waals surface area contributed by atoms with Gasteiger partial charge in [-0.1, -0.05) is 39.0 Å². The third-order valence-corrected chi connectivity index (χ3v) is 5.06. The van der Waals surface area contributed by atoms with Crippen LogP contribution in [0, 0.1) is 0 Å². The number of halogens is 3. The molecule has 0 aliphatic carbocycles. The number of carbonyl (C=O) groups is 2. The van der Waals surface area contributed by atoms with Crippen LogP contribution in [0.4, 0.5) is 13.2 Å². The average Bonchev–Trinajstić information content (AvgIpc) is 2.66. The highest BCUT2D eigenvalue weighted by Gasteiger charge is 2.32. The van der Waals surface area contributed by atoms with E-state index < -0.39 is 17.7 Å². The van der Waals surface area contributed by atoms with Gasteiger partial charge in [0.1, 0.15) is 0 Å². The lowest BCUT2D eigenvalue weighted by atomic mass is 10.1. The summed E-state index contributed by atoms with van der Waals surface area (Å²) in [5.74, 6) is -0.915. The van der Waals surface area contributed by atoms with Gasteiger partial charge in [-0.2, -0.15) is 13.2 Å². The summed E-state index contributed by atoms with van der Waals surface area (Å²) in [5.41, 5.74) is -1.08. The molecule has 0 saturated heterocycles. The molecular formula is C21H29F3O4S. The minimum Gasteiger partial charge on any atom is -0.466 e. The van der Waals surface area contributed by atoms with Crippen LogP contribution in [-0.2, 0) is 20.4 Å². The molecule has 29 heavy (non-hydrogen) atoms. The predicted octanol–water partition coefficient (Wildman–Crippen LogP) is 6.27. The summed E-state index contributed by atoms with van der Waals surface area (Å²) in [4.78, 5) is 23.8. The fourth-order valence-electron chi connectivity index (χ4n) is 2.57. The number of ether oxygens (including phenoxy) is 2. The van der Waals surface area contributed by atoms with Crippen molar-refractivity contribution in [3.63, 3.8) is 0 Å². The number of hydrogen-bond acceptors (Lipinski definition) is 5. The number of unbranched alkanes of at least 4 members (excludes halogenated alkanes) is 5. The van der Waals surface area contributed by atoms with Gasteiger partial charge in [0.2, 0.25) is 0 Å². The average molecular weight is 435 g/mol. The molecule has 0 atom stereocenters. The van der Waals surface area contributed by atoms with E-state index in [1.54, 1.807) is 6.92 Å². The Labute approximate surface area is 174 Å². The summed E-state index contributed by atoms with van der Waals surface area (Å²) in [5, 5.41) is 0. The van der Waals surface area contributed by atoms with E-state index >= 15 is 0 Å². The number of esters is 2. The second-order valence-electron chi connectivity index (χ2n) is 6.55. The summed E-state index contributed by atoms with van der Waals surface area (Å²) in [6.45, 7) is 4.17. The van der Waals surface area contributed by atoms with Gasteiger partial charge in [-0.3, -0.25) is 4.79 Å². The fourth-order valence-corrected chi connectivity index (χ4v) is 3.50. The molecule has 0 aromatic heterocycles. The van der Waals surface area contributed by atoms with Crippen molar-refractivity contribution < 1.29 is 32.2 Å². The minimum atomic E-state index is -4.58. The highest BCUT2D eigenvalue weighted by atomic mass is 32.2. The lowest BCUT2D eigenvalue weighted by molar-refractivity contribution is -0.143. The summed E-state index contributed by atoms with van der Waals surface area (Å²) >= 11 is 1.07. The maximum absolute atomic E-state index is 13.1. The van der Waals surface area contributed by atoms with E-state index in [1.165, 1.54) is 25.3 Å². The van der Waals surface area contributed by atoms with Gasteiger partial charge >= 0.3 is 18.1 Å². The van der Waals surface area contributed by atoms with Crippen LogP contribution in [0.25, 0.3) is 0 Å². The summed E-state index contributed by atoms with van der Waals surface area (Å²) in [6, 6.07) is 3.09. The van der Waals surface area contributed by atoms with Crippen molar-refractivity contribution in [2.24, 2.45) is 0 Å². The number of thioether (sulfide) groups is 1. The third-order valence-electron chi connectivity index (χ3n) is 4.08. The molecule has 0 amide bonds. The second-order valence-corrected chi connectivity index (χ2v) is 7.72. The number of hydrogen-bond donors (Lipinski definition) is 0. The number of benzene rings is 1. The van der Waals surface area contributed by atoms with E-state index in [4.69, 9.17) is 9.47 Å². The van der Waals surface area contributed by atoms with E-state index in [2.05, 4.69) is 6.92 Å². The van der Waals surface area contributed by atoms with Gasteiger partial charge in [-0.05, 0) is 31.5 Å². The number of alkyl halides is 3. The molecule has 0 N–H and O–H groups in total. The van der Waals surface area contributed by atoms with Crippen molar-refractivity contribution in [3.8, 4) is 0 Å². The molecule has 164 valence electrons. The lowest BCUT2D eigenvalue weighted by Gasteiger charge is -2.11. The van der Waals surface area contributed by atoms with Gasteiger partial charge in [-0.25, -0.2) is 4.79 Å². The van der Waals surface area contributed by atoms with Crippen molar-refractivity contribution >= 4 is 23.7 Å². The van der Waals surface area contributed by atoms with Gasteiger partial charge in [0.05, 0.1) is 30.8 Å². The number of rotatable bonds is 13. The van der Waals surface area contributed by atoms with Crippen LogP contribution in [0.1, 0.15) is 74.7 Å². The largest absolute Gasteiger partial charge is 0.466 e. The quantitative estimate of drug-likeness (QED) is 0.208. The normalized spacial score (nSPS) is 11.3. The number of carbonyl (C=O) groups excluding carboxylic acids is 2. The molecule has 0 unspecified atom stereocenters. The molecule has 0 heterocycles. The van der Waals surface area contributed by atoms with E-state index in [-0.39, 0.29) is 35.2 Å². The van der Waals surface area contributed by atoms with Crippen LogP contribution in [0.15, 0.2) is 23.1 Å². The zero-order valence-electron chi connectivity index (χ0n) is 17.0. The van der Waals surface area contributed by atoms with Gasteiger partial charge in [-0.15, -0.1) is 11.8 Å². The molecule has 0 fully saturated rings. The first-order chi connectivity index (χ1) is 13.8. The Morgan fingerprint density at radius 3 is 2.31 bits per heavy atom. The SMILES string of the molecule is CCCCCCCCOC(=O)CCSc1cc(C(=O)OCC)cc(C(F)(F)F)c1. The van der Waals surface area contributed by atoms with Crippen molar-refractivity contribution in [3.05, 3.63) is 29.3 Å². The van der Waals surface area contributed by atoms with Crippen molar-refractivity contribution in [2.75, 3.05) is 19.0 Å². The van der Waals surface area contributed by atoms with E-state index in [0.29, 0.717) is 6.61 Å². The first-order valence-corrected chi connectivity index (χ1v) is 10.9. The Kier molecular flexibility index (Phi) is 11.8. The summed E-state index contributed by atoms with van der Waals surface area (Å²) < 4.78 is 49.2. The summed E-state index contributed by atoms with van der Waals surface area (Å²) in [7, 11) is 0. The smallest absolute Gasteiger partial charge is 0.416 e. The van der Waals surface area contributed by atoms with E-state index in [9.17, 15) is 22.8 Å². The van der Waals surface area contributed by atoms with Crippen LogP contribution in [0.5, 0.6) is 0 Å². The van der Waals surface area contributed by atoms with Gasteiger partial charge in [0.15, 0.2) is 0 Å². The zero-order valence-corrected chi connectivity index (χ0v) is 17.8. The first kappa shape index (κ1) is 25.3. The minimum absolute atomic E-state index is 0.0714. The van der Waals surface area contributed by atoms with E-state index in [1.807, 2.05) is 0 Å². The molecule has 0 radical (unpaired) electrons. The monoisotopic (exact) mass is 434 g/mol. The van der Waals surface area contributed by atoms with Gasteiger partial charge in [0, 0.05) is 10.6 Å². The molecule has 0 spiro atoms. The molecule has 0 saturated carbocycles. The second kappa shape index (κ2) is 13.5. The third kappa shape index (κ3) is 10.6. The standard InChI is InChI=1S/C21H29F3O4S/c1-3-5-6-7-8-9-11-28-19(25)10-12-29-18-14-16(20(26)27-4-2)13-17(15-18)21(22,23)24/h13-15H,3-12H2,1-2H3. The molecule has 4 nitrogen and oxygen atoms in total. The highest BCUT2D eigenvalue weighted by molar-refractivity contribution is 7.99. The zero-order chi connectivity index (χ0) is 21.7. The van der Waals surface area contributed by atoms with Gasteiger partial charge in [0.25, 0.3) is 0 Å². The molecule has 8 heteroatoms. The molecule has 1 aromatic rings. The van der Waals surface area contributed by atoms with Crippen molar-refractivity contribution in [1.29, 1.82) is 0 Å². The van der Waals surface area contributed by atoms with Crippen LogP contribution < -0.4 is 0 Å². The van der Waals surface area contributed by atoms with E-state index in [0.717, 1.165) is 43.2 Å². The Hall–Kier alpha value is -1.70. The maximum atomic E-state index is 13.1. The van der Waals surface area contributed by atoms with Crippen LogP contribution in [0.2, 0.25) is 0 Å².